The highest BCUT2D eigenvalue weighted by atomic mass is 16.5. The van der Waals surface area contributed by atoms with Crippen molar-refractivity contribution in [3.8, 4) is 11.8 Å². The van der Waals surface area contributed by atoms with Crippen LogP contribution in [0.15, 0.2) is 42.5 Å². The second-order valence-electron chi connectivity index (χ2n) is 4.70. The number of esters is 1. The smallest absolute Gasteiger partial charge is 0.305 e. The molecule has 3 nitrogen and oxygen atoms in total. The van der Waals surface area contributed by atoms with Gasteiger partial charge in [-0.15, -0.1) is 0 Å². The van der Waals surface area contributed by atoms with E-state index < -0.39 is 6.10 Å². The molecule has 21 heavy (non-hydrogen) atoms. The lowest BCUT2D eigenvalue weighted by Gasteiger charge is -2.03. The van der Waals surface area contributed by atoms with Crippen LogP contribution in [0.1, 0.15) is 44.3 Å². The number of aliphatic hydroxyl groups is 1. The lowest BCUT2D eigenvalue weighted by atomic mass is 10.1. The lowest BCUT2D eigenvalue weighted by molar-refractivity contribution is -0.143. The van der Waals surface area contributed by atoms with Crippen molar-refractivity contribution in [1.29, 1.82) is 0 Å². The number of unbranched alkanes of at least 4 members (excludes halogenated alkanes) is 1. The highest BCUT2D eigenvalue weighted by Gasteiger charge is 2.02. The Morgan fingerprint density at radius 2 is 1.95 bits per heavy atom. The number of carbonyl (C=O) groups is 1. The maximum absolute atomic E-state index is 11.2. The highest BCUT2D eigenvalue weighted by molar-refractivity contribution is 5.69. The van der Waals surface area contributed by atoms with Crippen LogP contribution in [0.3, 0.4) is 0 Å². The number of hydrogen-bond donors (Lipinski definition) is 1. The zero-order valence-corrected chi connectivity index (χ0v) is 12.5. The molecule has 0 aliphatic heterocycles. The minimum Gasteiger partial charge on any atom is -0.466 e. The van der Waals surface area contributed by atoms with Gasteiger partial charge in [-0.2, -0.15) is 0 Å². The van der Waals surface area contributed by atoms with Crippen molar-refractivity contribution in [1.82, 2.24) is 0 Å². The normalized spacial score (nSPS) is 11.1. The van der Waals surface area contributed by atoms with Gasteiger partial charge in [0.2, 0.25) is 0 Å². The van der Waals surface area contributed by atoms with E-state index in [-0.39, 0.29) is 5.97 Å². The van der Waals surface area contributed by atoms with Crippen molar-refractivity contribution < 1.29 is 14.6 Å². The Kier molecular flexibility index (Phi) is 7.93. The van der Waals surface area contributed by atoms with Crippen LogP contribution in [0.4, 0.5) is 0 Å². The average molecular weight is 286 g/mol. The molecule has 0 heterocycles. The van der Waals surface area contributed by atoms with E-state index in [0.717, 1.165) is 30.4 Å². The van der Waals surface area contributed by atoms with Crippen molar-refractivity contribution in [3.63, 3.8) is 0 Å². The fourth-order valence-electron chi connectivity index (χ4n) is 1.79. The Morgan fingerprint density at radius 1 is 1.29 bits per heavy atom. The third-order valence-electron chi connectivity index (χ3n) is 2.92. The van der Waals surface area contributed by atoms with Crippen LogP contribution in [0, 0.1) is 11.8 Å². The first kappa shape index (κ1) is 17.0. The van der Waals surface area contributed by atoms with Gasteiger partial charge in [-0.1, -0.05) is 48.8 Å². The molecule has 1 aromatic carbocycles. The molecule has 0 aliphatic rings. The molecule has 0 saturated heterocycles. The molecular formula is C18H22O3. The molecule has 0 amide bonds. The first-order chi connectivity index (χ1) is 10.1. The van der Waals surface area contributed by atoms with Crippen LogP contribution in [0.5, 0.6) is 0 Å². The summed E-state index contributed by atoms with van der Waals surface area (Å²) < 4.78 is 4.85. The molecule has 1 N–H and O–H groups in total. The van der Waals surface area contributed by atoms with E-state index in [4.69, 9.17) is 4.74 Å². The molecule has 0 saturated carbocycles. The van der Waals surface area contributed by atoms with Gasteiger partial charge >= 0.3 is 5.97 Å². The lowest BCUT2D eigenvalue weighted by Crippen LogP contribution is -2.03. The van der Waals surface area contributed by atoms with E-state index in [2.05, 4.69) is 18.4 Å². The number of rotatable bonds is 7. The summed E-state index contributed by atoms with van der Waals surface area (Å²) in [5.74, 6) is 5.51. The van der Waals surface area contributed by atoms with Gasteiger partial charge in [0.25, 0.3) is 0 Å². The van der Waals surface area contributed by atoms with Crippen LogP contribution >= 0.6 is 0 Å². The summed E-state index contributed by atoms with van der Waals surface area (Å²) in [5, 5.41) is 9.90. The van der Waals surface area contributed by atoms with Crippen molar-refractivity contribution >= 4 is 5.97 Å². The monoisotopic (exact) mass is 286 g/mol. The zero-order valence-electron chi connectivity index (χ0n) is 12.5. The van der Waals surface area contributed by atoms with E-state index >= 15 is 0 Å². The summed E-state index contributed by atoms with van der Waals surface area (Å²) in [7, 11) is 0. The highest BCUT2D eigenvalue weighted by Crippen LogP contribution is 2.12. The van der Waals surface area contributed by atoms with E-state index in [9.17, 15) is 9.90 Å². The van der Waals surface area contributed by atoms with Crippen LogP contribution in [0.25, 0.3) is 0 Å². The van der Waals surface area contributed by atoms with Gasteiger partial charge in [-0.3, -0.25) is 4.79 Å². The molecule has 112 valence electrons. The van der Waals surface area contributed by atoms with Gasteiger partial charge in [0.15, 0.2) is 0 Å². The van der Waals surface area contributed by atoms with Gasteiger partial charge in [-0.05, 0) is 37.3 Å². The molecule has 0 aromatic heterocycles. The van der Waals surface area contributed by atoms with Gasteiger partial charge < -0.3 is 9.84 Å². The quantitative estimate of drug-likeness (QED) is 0.475. The molecule has 0 radical (unpaired) electrons. The Labute approximate surface area is 126 Å². The molecular weight excluding hydrogens is 264 g/mol. The minimum atomic E-state index is -0.789. The number of carbonyl (C=O) groups excluding carboxylic acids is 1. The van der Waals surface area contributed by atoms with E-state index in [1.807, 2.05) is 30.3 Å². The topological polar surface area (TPSA) is 46.5 Å². The molecule has 1 rings (SSSR count). The second kappa shape index (κ2) is 9.79. The number of benzene rings is 1. The van der Waals surface area contributed by atoms with Crippen molar-refractivity contribution in [3.05, 3.63) is 48.0 Å². The number of hydrogen-bond acceptors (Lipinski definition) is 3. The van der Waals surface area contributed by atoms with Crippen molar-refractivity contribution in [2.75, 3.05) is 6.61 Å². The predicted octanol–water partition coefficient (Wildman–Crippen LogP) is 3.40. The molecule has 0 bridgehead atoms. The van der Waals surface area contributed by atoms with E-state index in [1.54, 1.807) is 6.92 Å². The zero-order chi connectivity index (χ0) is 15.5. The molecule has 0 spiro atoms. The standard InChI is InChI=1S/C18H22O3/c1-3-21-18(20)12-8-7-9-15(2)13-14-17(19)16-10-5-4-6-11-16/h4-6,10-11,17,19H,2-3,7-9,12H2,1H3. The Hall–Kier alpha value is -2.05. The molecule has 3 heteroatoms. The van der Waals surface area contributed by atoms with Crippen LogP contribution < -0.4 is 0 Å². The second-order valence-corrected chi connectivity index (χ2v) is 4.70. The van der Waals surface area contributed by atoms with E-state index in [1.165, 1.54) is 0 Å². The summed E-state index contributed by atoms with van der Waals surface area (Å²) in [6.07, 6.45) is 1.98. The minimum absolute atomic E-state index is 0.159. The number of allylic oxidation sites excluding steroid dienone is 1. The summed E-state index contributed by atoms with van der Waals surface area (Å²) in [4.78, 5) is 11.2. The number of ether oxygens (including phenoxy) is 1. The summed E-state index contributed by atoms with van der Waals surface area (Å²) in [6.45, 7) is 6.10. The molecule has 0 fully saturated rings. The molecule has 1 unspecified atom stereocenters. The van der Waals surface area contributed by atoms with Crippen LogP contribution in [0.2, 0.25) is 0 Å². The molecule has 1 aromatic rings. The Balaban J connectivity index is 2.28. The molecule has 0 aliphatic carbocycles. The first-order valence-corrected chi connectivity index (χ1v) is 7.21. The fraction of sp³-hybridized carbons (Fsp3) is 0.389. The third kappa shape index (κ3) is 7.34. The third-order valence-corrected chi connectivity index (χ3v) is 2.92. The Bertz CT molecular complexity index is 508. The molecule has 1 atom stereocenters. The fourth-order valence-corrected chi connectivity index (χ4v) is 1.79. The van der Waals surface area contributed by atoms with Crippen molar-refractivity contribution in [2.45, 2.75) is 38.7 Å². The van der Waals surface area contributed by atoms with Gasteiger partial charge in [0, 0.05) is 6.42 Å². The van der Waals surface area contributed by atoms with E-state index in [0.29, 0.717) is 13.0 Å². The van der Waals surface area contributed by atoms with Crippen molar-refractivity contribution in [2.24, 2.45) is 0 Å². The van der Waals surface area contributed by atoms with Gasteiger partial charge in [0.1, 0.15) is 6.10 Å². The first-order valence-electron chi connectivity index (χ1n) is 7.21. The summed E-state index contributed by atoms with van der Waals surface area (Å²) >= 11 is 0. The maximum Gasteiger partial charge on any atom is 0.305 e. The average Bonchev–Trinajstić information content (AvgIpc) is 2.50. The maximum atomic E-state index is 11.2. The summed E-state index contributed by atoms with van der Waals surface area (Å²) in [6, 6.07) is 9.30. The van der Waals surface area contributed by atoms with Crippen LogP contribution in [-0.2, 0) is 9.53 Å². The predicted molar refractivity (Wildman–Crippen MR) is 83.4 cm³/mol. The SMILES string of the molecule is C=C(C#CC(O)c1ccccc1)CCCCC(=O)OCC. The summed E-state index contributed by atoms with van der Waals surface area (Å²) in [5.41, 5.74) is 1.55. The number of aliphatic hydroxyl groups excluding tert-OH is 1. The van der Waals surface area contributed by atoms with Gasteiger partial charge in [0.05, 0.1) is 6.61 Å². The largest absolute Gasteiger partial charge is 0.466 e. The Morgan fingerprint density at radius 3 is 2.62 bits per heavy atom. The van der Waals surface area contributed by atoms with Crippen LogP contribution in [-0.4, -0.2) is 17.7 Å². The van der Waals surface area contributed by atoms with Gasteiger partial charge in [-0.25, -0.2) is 0 Å².